The van der Waals surface area contributed by atoms with E-state index in [-0.39, 0.29) is 0 Å². The summed E-state index contributed by atoms with van der Waals surface area (Å²) < 4.78 is 1.49. The maximum Gasteiger partial charge on any atom is 0.0890 e. The molecule has 186 valence electrons. The molecule has 0 aromatic carbocycles. The zero-order chi connectivity index (χ0) is 22.5. The normalized spacial score (nSPS) is 17.1. The highest BCUT2D eigenvalue weighted by atomic mass is 15.4. The average Bonchev–Trinajstić information content (AvgIpc) is 2.80. The Morgan fingerprint density at radius 2 is 0.839 bits per heavy atom. The molecule has 0 aromatic heterocycles. The Morgan fingerprint density at radius 1 is 0.419 bits per heavy atom. The van der Waals surface area contributed by atoms with Crippen LogP contribution in [0.5, 0.6) is 0 Å². The summed E-state index contributed by atoms with van der Waals surface area (Å²) in [7, 11) is 0. The molecular weight excluding hydrogens is 374 g/mol. The SMILES string of the molecule is CCCCCCCCCCCCCCCCC[N+](CCC)(CCCC)C1CCCCC1. The second-order valence-corrected chi connectivity index (χ2v) is 11.0. The van der Waals surface area contributed by atoms with Crippen molar-refractivity contribution in [2.75, 3.05) is 19.6 Å². The van der Waals surface area contributed by atoms with E-state index in [4.69, 9.17) is 0 Å². The molecule has 0 saturated heterocycles. The Hall–Kier alpha value is -0.0400. The van der Waals surface area contributed by atoms with E-state index in [1.165, 1.54) is 172 Å². The van der Waals surface area contributed by atoms with E-state index in [1.54, 1.807) is 0 Å². The molecule has 31 heavy (non-hydrogen) atoms. The van der Waals surface area contributed by atoms with Gasteiger partial charge in [0.1, 0.15) is 0 Å². The minimum absolute atomic E-state index is 0.992. The van der Waals surface area contributed by atoms with Crippen LogP contribution in [-0.4, -0.2) is 30.2 Å². The average molecular weight is 437 g/mol. The van der Waals surface area contributed by atoms with E-state index in [1.807, 2.05) is 0 Å². The van der Waals surface area contributed by atoms with Crippen molar-refractivity contribution in [1.29, 1.82) is 0 Å². The Morgan fingerprint density at radius 3 is 1.29 bits per heavy atom. The molecule has 1 saturated carbocycles. The van der Waals surface area contributed by atoms with Gasteiger partial charge in [0.25, 0.3) is 0 Å². The molecule has 0 N–H and O–H groups in total. The van der Waals surface area contributed by atoms with Gasteiger partial charge in [-0.1, -0.05) is 117 Å². The molecule has 0 spiro atoms. The Balaban J connectivity index is 2.09. The van der Waals surface area contributed by atoms with Crippen molar-refractivity contribution in [3.63, 3.8) is 0 Å². The van der Waals surface area contributed by atoms with Crippen LogP contribution in [0.3, 0.4) is 0 Å². The fourth-order valence-corrected chi connectivity index (χ4v) is 6.23. The molecule has 0 heterocycles. The molecule has 1 unspecified atom stereocenters. The van der Waals surface area contributed by atoms with Gasteiger partial charge in [-0.15, -0.1) is 0 Å². The second kappa shape index (κ2) is 20.6. The molecule has 1 fully saturated rings. The van der Waals surface area contributed by atoms with Crippen LogP contribution in [0.1, 0.15) is 168 Å². The fraction of sp³-hybridized carbons (Fsp3) is 1.00. The van der Waals surface area contributed by atoms with Crippen LogP contribution in [0.4, 0.5) is 0 Å². The molecular formula is C30H62N+. The fourth-order valence-electron chi connectivity index (χ4n) is 6.23. The molecule has 0 aromatic rings. The van der Waals surface area contributed by atoms with E-state index in [0.717, 1.165) is 6.04 Å². The highest BCUT2D eigenvalue weighted by molar-refractivity contribution is 4.68. The van der Waals surface area contributed by atoms with Gasteiger partial charge in [0.05, 0.1) is 25.7 Å². The van der Waals surface area contributed by atoms with E-state index in [9.17, 15) is 0 Å². The third-order valence-electron chi connectivity index (χ3n) is 8.18. The van der Waals surface area contributed by atoms with Gasteiger partial charge in [-0.05, 0) is 51.4 Å². The zero-order valence-corrected chi connectivity index (χ0v) is 22.4. The lowest BCUT2D eigenvalue weighted by atomic mass is 9.91. The van der Waals surface area contributed by atoms with Crippen LogP contribution in [0.2, 0.25) is 0 Å². The highest BCUT2D eigenvalue weighted by Gasteiger charge is 2.35. The molecule has 1 atom stereocenters. The van der Waals surface area contributed by atoms with Crippen LogP contribution in [0, 0.1) is 0 Å². The van der Waals surface area contributed by atoms with E-state index in [0.29, 0.717) is 0 Å². The topological polar surface area (TPSA) is 0 Å². The minimum atomic E-state index is 0.992. The van der Waals surface area contributed by atoms with Crippen LogP contribution >= 0.6 is 0 Å². The number of quaternary nitrogens is 1. The first-order chi connectivity index (χ1) is 15.3. The molecule has 0 radical (unpaired) electrons. The lowest BCUT2D eigenvalue weighted by Gasteiger charge is -2.47. The lowest BCUT2D eigenvalue weighted by Crippen LogP contribution is -2.57. The van der Waals surface area contributed by atoms with Crippen LogP contribution < -0.4 is 0 Å². The summed E-state index contributed by atoms with van der Waals surface area (Å²) in [5.74, 6) is 0. The number of nitrogens with zero attached hydrogens (tertiary/aromatic N) is 1. The van der Waals surface area contributed by atoms with E-state index in [2.05, 4.69) is 20.8 Å². The summed E-state index contributed by atoms with van der Waals surface area (Å²) >= 11 is 0. The number of rotatable bonds is 22. The second-order valence-electron chi connectivity index (χ2n) is 11.0. The largest absolute Gasteiger partial charge is 0.321 e. The van der Waals surface area contributed by atoms with E-state index >= 15 is 0 Å². The predicted molar refractivity (Wildman–Crippen MR) is 142 cm³/mol. The van der Waals surface area contributed by atoms with Crippen molar-refractivity contribution in [2.24, 2.45) is 0 Å². The quantitative estimate of drug-likeness (QED) is 0.117. The van der Waals surface area contributed by atoms with Gasteiger partial charge in [-0.2, -0.15) is 0 Å². The summed E-state index contributed by atoms with van der Waals surface area (Å²) in [6.07, 6.45) is 33.8. The maximum absolute atomic E-state index is 2.42. The van der Waals surface area contributed by atoms with Crippen molar-refractivity contribution in [3.8, 4) is 0 Å². The van der Waals surface area contributed by atoms with E-state index < -0.39 is 0 Å². The molecule has 1 nitrogen and oxygen atoms in total. The highest BCUT2D eigenvalue weighted by Crippen LogP contribution is 2.30. The monoisotopic (exact) mass is 436 g/mol. The summed E-state index contributed by atoms with van der Waals surface area (Å²) in [4.78, 5) is 0. The molecule has 0 amide bonds. The number of hydrogen-bond acceptors (Lipinski definition) is 0. The molecule has 0 bridgehead atoms. The third kappa shape index (κ3) is 14.0. The van der Waals surface area contributed by atoms with Gasteiger partial charge in [0.2, 0.25) is 0 Å². The maximum atomic E-state index is 2.42. The Labute approximate surface area is 198 Å². The van der Waals surface area contributed by atoms with Crippen LogP contribution in [0.15, 0.2) is 0 Å². The molecule has 1 rings (SSSR count). The first-order valence-electron chi connectivity index (χ1n) is 15.1. The first kappa shape index (κ1) is 29.0. The van der Waals surface area contributed by atoms with Crippen molar-refractivity contribution >= 4 is 0 Å². The van der Waals surface area contributed by atoms with Crippen molar-refractivity contribution in [3.05, 3.63) is 0 Å². The molecule has 1 heteroatoms. The van der Waals surface area contributed by atoms with Gasteiger partial charge < -0.3 is 4.48 Å². The number of hydrogen-bond donors (Lipinski definition) is 0. The summed E-state index contributed by atoms with van der Waals surface area (Å²) in [6, 6.07) is 0.992. The van der Waals surface area contributed by atoms with Gasteiger partial charge in [0, 0.05) is 0 Å². The van der Waals surface area contributed by atoms with Gasteiger partial charge in [-0.3, -0.25) is 0 Å². The first-order valence-corrected chi connectivity index (χ1v) is 15.1. The molecule has 1 aliphatic rings. The van der Waals surface area contributed by atoms with Crippen LogP contribution in [-0.2, 0) is 0 Å². The smallest absolute Gasteiger partial charge is 0.0890 e. The summed E-state index contributed by atoms with van der Waals surface area (Å²) in [5.41, 5.74) is 0. The molecule has 1 aliphatic carbocycles. The third-order valence-corrected chi connectivity index (χ3v) is 8.18. The predicted octanol–water partition coefficient (Wildman–Crippen LogP) is 10.2. The van der Waals surface area contributed by atoms with Gasteiger partial charge in [0.15, 0.2) is 0 Å². The summed E-state index contributed by atoms with van der Waals surface area (Å²) in [5, 5.41) is 0. The van der Waals surface area contributed by atoms with Crippen molar-refractivity contribution < 1.29 is 4.48 Å². The lowest BCUT2D eigenvalue weighted by molar-refractivity contribution is -0.953. The Kier molecular flexibility index (Phi) is 19.2. The Bertz CT molecular complexity index is 359. The van der Waals surface area contributed by atoms with Crippen molar-refractivity contribution in [1.82, 2.24) is 0 Å². The summed E-state index contributed by atoms with van der Waals surface area (Å²) in [6.45, 7) is 11.5. The van der Waals surface area contributed by atoms with Crippen LogP contribution in [0.25, 0.3) is 0 Å². The number of unbranched alkanes of at least 4 members (excludes halogenated alkanes) is 15. The van der Waals surface area contributed by atoms with Gasteiger partial charge >= 0.3 is 0 Å². The zero-order valence-electron chi connectivity index (χ0n) is 22.4. The minimum Gasteiger partial charge on any atom is -0.321 e. The van der Waals surface area contributed by atoms with Crippen molar-refractivity contribution in [2.45, 2.75) is 174 Å². The van der Waals surface area contributed by atoms with Gasteiger partial charge in [-0.25, -0.2) is 0 Å². The molecule has 0 aliphatic heterocycles. The standard InChI is InChI=1S/C30H62N/c1-4-7-9-10-11-12-13-14-15-16-17-18-19-20-24-29-31(27-6-3,28-8-5-2)30-25-22-21-23-26-30/h30H,4-29H2,1-3H3/q+1.